The molecule has 0 bridgehead atoms. The van der Waals surface area contributed by atoms with Crippen molar-refractivity contribution in [2.75, 3.05) is 14.2 Å². The number of rotatable bonds is 5. The molecule has 0 aliphatic heterocycles. The summed E-state index contributed by atoms with van der Waals surface area (Å²) in [6.07, 6.45) is 4.61. The van der Waals surface area contributed by atoms with Gasteiger partial charge in [-0.05, 0) is 43.0 Å². The van der Waals surface area contributed by atoms with Gasteiger partial charge in [0.25, 0.3) is 5.91 Å². The highest BCUT2D eigenvalue weighted by Crippen LogP contribution is 2.34. The number of para-hydroxylation sites is 1. The minimum Gasteiger partial charge on any atom is -0.497 e. The summed E-state index contributed by atoms with van der Waals surface area (Å²) < 4.78 is 10.9. The van der Waals surface area contributed by atoms with Gasteiger partial charge in [0.15, 0.2) is 0 Å². The van der Waals surface area contributed by atoms with Gasteiger partial charge < -0.3 is 14.8 Å². The average molecular weight is 405 g/mol. The van der Waals surface area contributed by atoms with Crippen LogP contribution in [0.2, 0.25) is 0 Å². The topological polar surface area (TPSA) is 60.5 Å². The van der Waals surface area contributed by atoms with Crippen molar-refractivity contribution in [1.29, 1.82) is 0 Å². The van der Waals surface area contributed by atoms with E-state index < -0.39 is 0 Å². The molecule has 30 heavy (non-hydrogen) atoms. The minimum absolute atomic E-state index is 0.0407. The molecule has 4 rings (SSSR count). The van der Waals surface area contributed by atoms with Crippen molar-refractivity contribution in [2.24, 2.45) is 5.92 Å². The van der Waals surface area contributed by atoms with Gasteiger partial charge in [0.1, 0.15) is 11.5 Å². The average Bonchev–Trinajstić information content (AvgIpc) is 2.79. The Labute approximate surface area is 177 Å². The molecular weight excluding hydrogens is 376 g/mol. The number of carbonyl (C=O) groups excluding carboxylic acids is 1. The molecule has 1 aliphatic rings. The third kappa shape index (κ3) is 3.97. The molecule has 0 spiro atoms. The summed E-state index contributed by atoms with van der Waals surface area (Å²) in [5.41, 5.74) is 2.96. The van der Waals surface area contributed by atoms with Crippen LogP contribution in [-0.2, 0) is 0 Å². The van der Waals surface area contributed by atoms with Crippen LogP contribution in [0.3, 0.4) is 0 Å². The Balaban J connectivity index is 1.77. The van der Waals surface area contributed by atoms with E-state index in [1.807, 2.05) is 48.5 Å². The number of aromatic nitrogens is 1. The molecule has 3 aromatic rings. The molecular formula is C25H28N2O3. The highest BCUT2D eigenvalue weighted by molar-refractivity contribution is 6.07. The predicted molar refractivity (Wildman–Crippen MR) is 119 cm³/mol. The van der Waals surface area contributed by atoms with Gasteiger partial charge in [-0.15, -0.1) is 0 Å². The fourth-order valence-corrected chi connectivity index (χ4v) is 4.29. The van der Waals surface area contributed by atoms with Gasteiger partial charge in [-0.3, -0.25) is 4.79 Å². The quantitative estimate of drug-likeness (QED) is 0.633. The van der Waals surface area contributed by atoms with E-state index in [-0.39, 0.29) is 11.9 Å². The molecule has 1 N–H and O–H groups in total. The van der Waals surface area contributed by atoms with E-state index in [0.717, 1.165) is 29.3 Å². The normalized spacial score (nSPS) is 18.8. The van der Waals surface area contributed by atoms with E-state index in [0.29, 0.717) is 28.7 Å². The molecule has 1 heterocycles. The highest BCUT2D eigenvalue weighted by Gasteiger charge is 2.24. The van der Waals surface area contributed by atoms with Gasteiger partial charge in [-0.2, -0.15) is 0 Å². The first-order chi connectivity index (χ1) is 14.6. The van der Waals surface area contributed by atoms with E-state index >= 15 is 0 Å². The third-order valence-electron chi connectivity index (χ3n) is 6.07. The van der Waals surface area contributed by atoms with Crippen molar-refractivity contribution in [3.8, 4) is 22.8 Å². The van der Waals surface area contributed by atoms with Crippen LogP contribution in [0.25, 0.3) is 22.2 Å². The van der Waals surface area contributed by atoms with Crippen LogP contribution in [0.1, 0.15) is 43.0 Å². The Hall–Kier alpha value is -3.08. The van der Waals surface area contributed by atoms with Gasteiger partial charge in [-0.1, -0.05) is 38.0 Å². The van der Waals surface area contributed by atoms with Gasteiger partial charge in [0.05, 0.1) is 31.0 Å². The molecule has 5 nitrogen and oxygen atoms in total. The molecule has 1 saturated carbocycles. The van der Waals surface area contributed by atoms with Crippen molar-refractivity contribution >= 4 is 16.8 Å². The van der Waals surface area contributed by atoms with E-state index in [4.69, 9.17) is 14.5 Å². The molecule has 1 aliphatic carbocycles. The highest BCUT2D eigenvalue weighted by atomic mass is 16.5. The molecule has 1 aromatic heterocycles. The lowest BCUT2D eigenvalue weighted by molar-refractivity contribution is 0.0912. The van der Waals surface area contributed by atoms with E-state index in [1.165, 1.54) is 12.8 Å². The maximum atomic E-state index is 13.3. The summed E-state index contributed by atoms with van der Waals surface area (Å²) in [5, 5.41) is 4.14. The molecule has 2 aromatic carbocycles. The second-order valence-corrected chi connectivity index (χ2v) is 7.98. The van der Waals surface area contributed by atoms with E-state index in [9.17, 15) is 4.79 Å². The van der Waals surface area contributed by atoms with Crippen molar-refractivity contribution in [3.63, 3.8) is 0 Å². The molecule has 0 radical (unpaired) electrons. The van der Waals surface area contributed by atoms with Crippen LogP contribution < -0.4 is 14.8 Å². The summed E-state index contributed by atoms with van der Waals surface area (Å²) in [4.78, 5) is 18.1. The van der Waals surface area contributed by atoms with Crippen LogP contribution in [0, 0.1) is 5.92 Å². The van der Waals surface area contributed by atoms with Crippen molar-refractivity contribution < 1.29 is 14.3 Å². The standard InChI is InChI=1S/C25H28N2O3/c1-16-8-4-6-10-21(16)27-25(28)20-15-23(26-22-11-7-5-9-18(20)22)19-13-12-17(29-2)14-24(19)30-3/h5,7,9,11-16,21H,4,6,8,10H2,1-3H3,(H,27,28). The maximum absolute atomic E-state index is 13.3. The molecule has 2 unspecified atom stereocenters. The summed E-state index contributed by atoms with van der Waals surface area (Å²) in [6.45, 7) is 2.22. The largest absolute Gasteiger partial charge is 0.497 e. The number of hydrogen-bond acceptors (Lipinski definition) is 4. The second kappa shape index (κ2) is 8.74. The third-order valence-corrected chi connectivity index (χ3v) is 6.07. The Morgan fingerprint density at radius 1 is 1.03 bits per heavy atom. The number of benzene rings is 2. The van der Waals surface area contributed by atoms with Crippen LogP contribution in [0.15, 0.2) is 48.5 Å². The second-order valence-electron chi connectivity index (χ2n) is 7.98. The number of pyridine rings is 1. The van der Waals surface area contributed by atoms with Gasteiger partial charge in [-0.25, -0.2) is 4.98 Å². The van der Waals surface area contributed by atoms with Gasteiger partial charge in [0, 0.05) is 23.1 Å². The lowest BCUT2D eigenvalue weighted by Gasteiger charge is -2.29. The van der Waals surface area contributed by atoms with E-state index in [2.05, 4.69) is 12.2 Å². The fourth-order valence-electron chi connectivity index (χ4n) is 4.29. The zero-order valence-corrected chi connectivity index (χ0v) is 17.8. The van der Waals surface area contributed by atoms with Crippen molar-refractivity contribution in [1.82, 2.24) is 10.3 Å². The summed E-state index contributed by atoms with van der Waals surface area (Å²) in [7, 11) is 3.24. The lowest BCUT2D eigenvalue weighted by Crippen LogP contribution is -2.41. The lowest BCUT2D eigenvalue weighted by atomic mass is 9.85. The van der Waals surface area contributed by atoms with Gasteiger partial charge in [0.2, 0.25) is 0 Å². The number of hydrogen-bond donors (Lipinski definition) is 1. The molecule has 156 valence electrons. The van der Waals surface area contributed by atoms with E-state index in [1.54, 1.807) is 14.2 Å². The van der Waals surface area contributed by atoms with Crippen LogP contribution in [-0.4, -0.2) is 31.2 Å². The minimum atomic E-state index is -0.0407. The smallest absolute Gasteiger partial charge is 0.252 e. The first-order valence-electron chi connectivity index (χ1n) is 10.5. The number of fused-ring (bicyclic) bond motifs is 1. The summed E-state index contributed by atoms with van der Waals surface area (Å²) in [5.74, 6) is 1.82. The van der Waals surface area contributed by atoms with Crippen LogP contribution in [0.5, 0.6) is 11.5 Å². The first kappa shape index (κ1) is 20.2. The van der Waals surface area contributed by atoms with Crippen LogP contribution >= 0.6 is 0 Å². The van der Waals surface area contributed by atoms with Crippen molar-refractivity contribution in [2.45, 2.75) is 38.6 Å². The number of carbonyl (C=O) groups is 1. The first-order valence-corrected chi connectivity index (χ1v) is 10.5. The number of methoxy groups -OCH3 is 2. The Kier molecular flexibility index (Phi) is 5.88. The number of nitrogens with zero attached hydrogens (tertiary/aromatic N) is 1. The Morgan fingerprint density at radius 3 is 2.60 bits per heavy atom. The molecule has 1 amide bonds. The summed E-state index contributed by atoms with van der Waals surface area (Å²) >= 11 is 0. The monoisotopic (exact) mass is 404 g/mol. The SMILES string of the molecule is COc1ccc(-c2cc(C(=O)NC3CCCCC3C)c3ccccc3n2)c(OC)c1. The van der Waals surface area contributed by atoms with Gasteiger partial charge >= 0.3 is 0 Å². The number of nitrogens with one attached hydrogen (secondary N) is 1. The Morgan fingerprint density at radius 2 is 1.83 bits per heavy atom. The maximum Gasteiger partial charge on any atom is 0.252 e. The molecule has 2 atom stereocenters. The number of amides is 1. The molecule has 1 fully saturated rings. The zero-order valence-electron chi connectivity index (χ0n) is 17.8. The Bertz CT molecular complexity index is 1060. The van der Waals surface area contributed by atoms with Crippen molar-refractivity contribution in [3.05, 3.63) is 54.1 Å². The predicted octanol–water partition coefficient (Wildman–Crippen LogP) is 5.23. The molecule has 5 heteroatoms. The fraction of sp³-hybridized carbons (Fsp3) is 0.360. The van der Waals surface area contributed by atoms with Crippen LogP contribution in [0.4, 0.5) is 0 Å². The zero-order chi connectivity index (χ0) is 21.1. The summed E-state index contributed by atoms with van der Waals surface area (Å²) in [6, 6.07) is 15.5. The molecule has 0 saturated heterocycles. The number of ether oxygens (including phenoxy) is 2.